The number of rotatable bonds is 4. The highest BCUT2D eigenvalue weighted by Gasteiger charge is 2.14. The van der Waals surface area contributed by atoms with Crippen molar-refractivity contribution in [1.29, 1.82) is 0 Å². The minimum absolute atomic E-state index is 0.0348. The summed E-state index contributed by atoms with van der Waals surface area (Å²) >= 11 is 0. The van der Waals surface area contributed by atoms with E-state index in [2.05, 4.69) is 20.2 Å². The fourth-order valence-electron chi connectivity index (χ4n) is 2.75. The van der Waals surface area contributed by atoms with Gasteiger partial charge in [-0.2, -0.15) is 0 Å². The van der Waals surface area contributed by atoms with Crippen LogP contribution in [0.25, 0.3) is 22.5 Å². The van der Waals surface area contributed by atoms with E-state index in [0.29, 0.717) is 11.4 Å². The van der Waals surface area contributed by atoms with Crippen molar-refractivity contribution in [2.75, 3.05) is 12.8 Å². The molecule has 2 N–H and O–H groups in total. The van der Waals surface area contributed by atoms with Crippen molar-refractivity contribution >= 4 is 5.95 Å². The molecule has 6 heteroatoms. The van der Waals surface area contributed by atoms with Crippen LogP contribution in [-0.2, 0) is 4.74 Å². The van der Waals surface area contributed by atoms with E-state index in [-0.39, 0.29) is 12.1 Å². The van der Waals surface area contributed by atoms with Gasteiger partial charge in [0, 0.05) is 29.6 Å². The van der Waals surface area contributed by atoms with Crippen molar-refractivity contribution in [1.82, 2.24) is 20.2 Å². The summed E-state index contributed by atoms with van der Waals surface area (Å²) in [6.07, 6.45) is 0.0348. The van der Waals surface area contributed by atoms with Gasteiger partial charge in [-0.15, -0.1) is 10.2 Å². The first kappa shape index (κ1) is 17.0. The smallest absolute Gasteiger partial charge is 0.240 e. The lowest BCUT2D eigenvalue weighted by atomic mass is 10.0. The van der Waals surface area contributed by atoms with E-state index >= 15 is 0 Å². The zero-order valence-electron chi connectivity index (χ0n) is 14.8. The van der Waals surface area contributed by atoms with Gasteiger partial charge in [-0.05, 0) is 38.5 Å². The molecule has 3 aromatic rings. The second kappa shape index (κ2) is 6.94. The van der Waals surface area contributed by atoms with E-state index in [9.17, 15) is 0 Å². The molecule has 2 heterocycles. The van der Waals surface area contributed by atoms with Gasteiger partial charge in [-0.3, -0.25) is 4.98 Å². The van der Waals surface area contributed by atoms with E-state index in [1.54, 1.807) is 7.11 Å². The first-order valence-corrected chi connectivity index (χ1v) is 8.07. The summed E-state index contributed by atoms with van der Waals surface area (Å²) in [6.45, 7) is 5.91. The molecule has 0 saturated carbocycles. The SMILES string of the molecule is COC(C)c1ccc(-c2nc(N)nnc2-c2cc(C)nc(C)c2)cc1. The van der Waals surface area contributed by atoms with Crippen LogP contribution < -0.4 is 5.73 Å². The first-order valence-electron chi connectivity index (χ1n) is 8.07. The number of benzene rings is 1. The monoisotopic (exact) mass is 335 g/mol. The molecule has 0 bridgehead atoms. The molecule has 0 fully saturated rings. The maximum atomic E-state index is 5.79. The molecule has 0 amide bonds. The van der Waals surface area contributed by atoms with Crippen LogP contribution in [0.5, 0.6) is 0 Å². The van der Waals surface area contributed by atoms with Crippen LogP contribution in [0.2, 0.25) is 0 Å². The third-order valence-electron chi connectivity index (χ3n) is 4.07. The zero-order chi connectivity index (χ0) is 18.0. The van der Waals surface area contributed by atoms with Gasteiger partial charge in [-0.1, -0.05) is 24.3 Å². The van der Waals surface area contributed by atoms with Crippen LogP contribution in [0.3, 0.4) is 0 Å². The number of nitrogen functional groups attached to an aromatic ring is 1. The van der Waals surface area contributed by atoms with Crippen molar-refractivity contribution in [3.05, 3.63) is 53.3 Å². The average molecular weight is 335 g/mol. The minimum Gasteiger partial charge on any atom is -0.377 e. The Morgan fingerprint density at radius 3 is 2.12 bits per heavy atom. The van der Waals surface area contributed by atoms with Crippen LogP contribution in [0.1, 0.15) is 30.0 Å². The van der Waals surface area contributed by atoms with Crippen molar-refractivity contribution in [2.45, 2.75) is 26.9 Å². The second-order valence-corrected chi connectivity index (χ2v) is 6.01. The van der Waals surface area contributed by atoms with Gasteiger partial charge >= 0.3 is 0 Å². The predicted octanol–water partition coefficient (Wildman–Crippen LogP) is 3.51. The standard InChI is InChI=1S/C19H21N5O/c1-11-9-16(10-12(2)21-11)18-17(22-19(20)24-23-18)15-7-5-14(6-8-15)13(3)25-4/h5-10,13H,1-4H3,(H2,20,22,24). The van der Waals surface area contributed by atoms with Gasteiger partial charge in [0.2, 0.25) is 5.95 Å². The molecule has 0 saturated heterocycles. The Bertz CT molecular complexity index is 873. The quantitative estimate of drug-likeness (QED) is 0.785. The highest BCUT2D eigenvalue weighted by Crippen LogP contribution is 2.30. The third-order valence-corrected chi connectivity index (χ3v) is 4.07. The highest BCUT2D eigenvalue weighted by atomic mass is 16.5. The molecule has 128 valence electrons. The fourth-order valence-corrected chi connectivity index (χ4v) is 2.75. The molecule has 0 spiro atoms. The Morgan fingerprint density at radius 2 is 1.52 bits per heavy atom. The Balaban J connectivity index is 2.11. The van der Waals surface area contributed by atoms with Gasteiger partial charge in [0.1, 0.15) is 11.4 Å². The predicted molar refractivity (Wildman–Crippen MR) is 97.8 cm³/mol. The van der Waals surface area contributed by atoms with Crippen LogP contribution in [-0.4, -0.2) is 27.3 Å². The molecule has 0 aliphatic carbocycles. The zero-order valence-corrected chi connectivity index (χ0v) is 14.8. The number of hydrogen-bond donors (Lipinski definition) is 1. The molecule has 0 aliphatic heterocycles. The van der Waals surface area contributed by atoms with Crippen molar-refractivity contribution < 1.29 is 4.74 Å². The van der Waals surface area contributed by atoms with Gasteiger partial charge in [-0.25, -0.2) is 4.98 Å². The molecule has 2 aromatic heterocycles. The average Bonchev–Trinajstić information content (AvgIpc) is 2.60. The van der Waals surface area contributed by atoms with E-state index in [0.717, 1.165) is 28.1 Å². The molecule has 0 radical (unpaired) electrons. The number of pyridine rings is 1. The van der Waals surface area contributed by atoms with E-state index in [1.807, 2.05) is 57.2 Å². The number of aromatic nitrogens is 4. The van der Waals surface area contributed by atoms with Crippen LogP contribution in [0.15, 0.2) is 36.4 Å². The summed E-state index contributed by atoms with van der Waals surface area (Å²) < 4.78 is 5.36. The van der Waals surface area contributed by atoms with Gasteiger partial charge in [0.05, 0.1) is 6.10 Å². The summed E-state index contributed by atoms with van der Waals surface area (Å²) in [5, 5.41) is 8.23. The van der Waals surface area contributed by atoms with E-state index in [4.69, 9.17) is 10.5 Å². The van der Waals surface area contributed by atoms with Gasteiger partial charge < -0.3 is 10.5 Å². The Kier molecular flexibility index (Phi) is 4.72. The second-order valence-electron chi connectivity index (χ2n) is 6.01. The summed E-state index contributed by atoms with van der Waals surface area (Å²) in [5.74, 6) is 0.149. The first-order chi connectivity index (χ1) is 12.0. The van der Waals surface area contributed by atoms with Crippen molar-refractivity contribution in [3.63, 3.8) is 0 Å². The molecule has 0 aliphatic rings. The Labute approximate surface area is 147 Å². The molecular weight excluding hydrogens is 314 g/mol. The van der Waals surface area contributed by atoms with Crippen LogP contribution in [0.4, 0.5) is 5.95 Å². The van der Waals surface area contributed by atoms with Gasteiger partial charge in [0.25, 0.3) is 0 Å². The highest BCUT2D eigenvalue weighted by molar-refractivity contribution is 5.78. The van der Waals surface area contributed by atoms with Crippen LogP contribution in [0, 0.1) is 13.8 Å². The number of nitrogens with two attached hydrogens (primary N) is 1. The summed E-state index contributed by atoms with van der Waals surface area (Å²) in [7, 11) is 1.69. The normalized spacial score (nSPS) is 12.2. The number of aryl methyl sites for hydroxylation is 2. The summed E-state index contributed by atoms with van der Waals surface area (Å²) in [4.78, 5) is 8.84. The lowest BCUT2D eigenvalue weighted by molar-refractivity contribution is 0.119. The molecule has 25 heavy (non-hydrogen) atoms. The van der Waals surface area contributed by atoms with Crippen molar-refractivity contribution in [2.24, 2.45) is 0 Å². The molecule has 6 nitrogen and oxygen atoms in total. The number of nitrogens with zero attached hydrogens (tertiary/aromatic N) is 4. The molecule has 1 aromatic carbocycles. The Morgan fingerprint density at radius 1 is 0.880 bits per heavy atom. The lowest BCUT2D eigenvalue weighted by Gasteiger charge is -2.12. The third kappa shape index (κ3) is 3.64. The van der Waals surface area contributed by atoms with E-state index in [1.165, 1.54) is 0 Å². The van der Waals surface area contributed by atoms with Crippen molar-refractivity contribution in [3.8, 4) is 22.5 Å². The molecule has 3 rings (SSSR count). The fraction of sp³-hybridized carbons (Fsp3) is 0.263. The van der Waals surface area contributed by atoms with Gasteiger partial charge in [0.15, 0.2) is 0 Å². The number of hydrogen-bond acceptors (Lipinski definition) is 6. The maximum absolute atomic E-state index is 5.79. The van der Waals surface area contributed by atoms with E-state index < -0.39 is 0 Å². The maximum Gasteiger partial charge on any atom is 0.240 e. The van der Waals surface area contributed by atoms with Crippen LogP contribution >= 0.6 is 0 Å². The summed E-state index contributed by atoms with van der Waals surface area (Å²) in [5.41, 5.74) is 12.0. The topological polar surface area (TPSA) is 86.8 Å². The number of ether oxygens (including phenoxy) is 1. The number of methoxy groups -OCH3 is 1. The number of anilines is 1. The summed E-state index contributed by atoms with van der Waals surface area (Å²) in [6, 6.07) is 12.0. The lowest BCUT2D eigenvalue weighted by Crippen LogP contribution is -2.03. The Hall–Kier alpha value is -2.86. The molecule has 1 unspecified atom stereocenters. The molecular formula is C19H21N5O. The molecule has 1 atom stereocenters. The largest absolute Gasteiger partial charge is 0.377 e. The minimum atomic E-state index is 0.0348.